The number of carbonyl (C=O) groups excluding carboxylic acids is 1. The van der Waals surface area contributed by atoms with Crippen molar-refractivity contribution in [2.45, 2.75) is 4.90 Å². The van der Waals surface area contributed by atoms with Gasteiger partial charge in [-0.15, -0.1) is 0 Å². The van der Waals surface area contributed by atoms with Crippen LogP contribution in [0.4, 0.5) is 0 Å². The summed E-state index contributed by atoms with van der Waals surface area (Å²) in [6.45, 7) is 3.56. The van der Waals surface area contributed by atoms with E-state index in [2.05, 4.69) is 0 Å². The van der Waals surface area contributed by atoms with Gasteiger partial charge in [-0.05, 0) is 24.3 Å². The molecule has 1 aromatic carbocycles. The number of rotatable bonds is 11. The molecule has 1 saturated heterocycles. The van der Waals surface area contributed by atoms with Crippen LogP contribution in [0.1, 0.15) is 0 Å². The lowest BCUT2D eigenvalue weighted by molar-refractivity contribution is -0.119. The summed E-state index contributed by atoms with van der Waals surface area (Å²) in [4.78, 5) is 13.2. The summed E-state index contributed by atoms with van der Waals surface area (Å²) < 4.78 is 42.4. The number of morpholine rings is 1. The molecular formula is C17H27N3O6S. The number of hydrogen-bond donors (Lipinski definition) is 1. The summed E-state index contributed by atoms with van der Waals surface area (Å²) in [6, 6.07) is 6.32. The number of sulfonamides is 1. The Hall–Kier alpha value is -1.72. The van der Waals surface area contributed by atoms with Gasteiger partial charge in [-0.2, -0.15) is 4.31 Å². The molecule has 2 N–H and O–H groups in total. The van der Waals surface area contributed by atoms with E-state index in [1.54, 1.807) is 19.2 Å². The summed E-state index contributed by atoms with van der Waals surface area (Å²) in [6.07, 6.45) is 0. The second-order valence-corrected chi connectivity index (χ2v) is 8.01. The minimum absolute atomic E-state index is 0.128. The molecule has 27 heavy (non-hydrogen) atoms. The Labute approximate surface area is 160 Å². The fourth-order valence-electron chi connectivity index (χ4n) is 2.65. The van der Waals surface area contributed by atoms with E-state index in [9.17, 15) is 13.2 Å². The molecule has 9 nitrogen and oxygen atoms in total. The fraction of sp³-hybridized carbons (Fsp3) is 0.588. The summed E-state index contributed by atoms with van der Waals surface area (Å²) in [5, 5.41) is 0. The molecule has 2 rings (SSSR count). The van der Waals surface area contributed by atoms with E-state index in [1.165, 1.54) is 16.4 Å². The average Bonchev–Trinajstić information content (AvgIpc) is 2.66. The van der Waals surface area contributed by atoms with Gasteiger partial charge in [0.2, 0.25) is 15.9 Å². The Morgan fingerprint density at radius 3 is 2.41 bits per heavy atom. The van der Waals surface area contributed by atoms with Gasteiger partial charge in [0, 0.05) is 33.3 Å². The molecule has 0 bridgehead atoms. The zero-order chi connectivity index (χ0) is 19.7. The zero-order valence-corrected chi connectivity index (χ0v) is 16.3. The SMILES string of the molecule is COCCN(CCOc1ccc(S(=O)(=O)N2CCOCC2)cc1)CC(N)=O. The maximum Gasteiger partial charge on any atom is 0.243 e. The van der Waals surface area contributed by atoms with E-state index in [0.717, 1.165) is 0 Å². The molecule has 0 radical (unpaired) electrons. The third-order valence-corrected chi connectivity index (χ3v) is 6.01. The van der Waals surface area contributed by atoms with Crippen molar-refractivity contribution in [3.05, 3.63) is 24.3 Å². The Bertz CT molecular complexity index is 689. The number of ether oxygens (including phenoxy) is 3. The molecule has 1 amide bonds. The summed E-state index contributed by atoms with van der Waals surface area (Å²) in [7, 11) is -1.92. The maximum atomic E-state index is 12.6. The van der Waals surface area contributed by atoms with Gasteiger partial charge in [-0.1, -0.05) is 0 Å². The van der Waals surface area contributed by atoms with Crippen LogP contribution in [0.15, 0.2) is 29.2 Å². The molecule has 1 heterocycles. The van der Waals surface area contributed by atoms with Crippen molar-refractivity contribution in [2.24, 2.45) is 5.73 Å². The first-order valence-corrected chi connectivity index (χ1v) is 10.2. The van der Waals surface area contributed by atoms with Crippen LogP contribution in [0.3, 0.4) is 0 Å². The van der Waals surface area contributed by atoms with E-state index in [1.807, 2.05) is 4.90 Å². The predicted octanol–water partition coefficient (Wildman–Crippen LogP) is -0.480. The van der Waals surface area contributed by atoms with Crippen LogP contribution in [-0.4, -0.2) is 89.8 Å². The van der Waals surface area contributed by atoms with Gasteiger partial charge < -0.3 is 19.9 Å². The minimum atomic E-state index is -3.51. The average molecular weight is 401 g/mol. The van der Waals surface area contributed by atoms with Gasteiger partial charge in [0.15, 0.2) is 0 Å². The van der Waals surface area contributed by atoms with Gasteiger partial charge >= 0.3 is 0 Å². The van der Waals surface area contributed by atoms with E-state index in [0.29, 0.717) is 58.4 Å². The first-order valence-electron chi connectivity index (χ1n) is 8.74. The van der Waals surface area contributed by atoms with Crippen molar-refractivity contribution in [2.75, 3.05) is 66.3 Å². The highest BCUT2D eigenvalue weighted by Gasteiger charge is 2.26. The van der Waals surface area contributed by atoms with Crippen molar-refractivity contribution in [1.82, 2.24) is 9.21 Å². The van der Waals surface area contributed by atoms with Crippen LogP contribution < -0.4 is 10.5 Å². The highest BCUT2D eigenvalue weighted by Crippen LogP contribution is 2.20. The third-order valence-electron chi connectivity index (χ3n) is 4.10. The monoisotopic (exact) mass is 401 g/mol. The van der Waals surface area contributed by atoms with Crippen LogP contribution in [-0.2, 0) is 24.3 Å². The number of primary amides is 1. The highest BCUT2D eigenvalue weighted by atomic mass is 32.2. The molecular weight excluding hydrogens is 374 g/mol. The van der Waals surface area contributed by atoms with Gasteiger partial charge in [0.25, 0.3) is 0 Å². The Kier molecular flexibility index (Phi) is 8.45. The molecule has 1 aromatic rings. The topological polar surface area (TPSA) is 111 Å². The van der Waals surface area contributed by atoms with Gasteiger partial charge in [0.05, 0.1) is 31.3 Å². The van der Waals surface area contributed by atoms with Crippen molar-refractivity contribution in [3.63, 3.8) is 0 Å². The normalized spacial score (nSPS) is 15.8. The first kappa shape index (κ1) is 21.6. The summed E-state index contributed by atoms with van der Waals surface area (Å²) in [5.74, 6) is 0.144. The second kappa shape index (κ2) is 10.6. The number of methoxy groups -OCH3 is 1. The van der Waals surface area contributed by atoms with Gasteiger partial charge in [-0.3, -0.25) is 9.69 Å². The number of nitrogens with two attached hydrogens (primary N) is 1. The van der Waals surface area contributed by atoms with Crippen molar-refractivity contribution in [3.8, 4) is 5.75 Å². The predicted molar refractivity (Wildman–Crippen MR) is 99.0 cm³/mol. The fourth-order valence-corrected chi connectivity index (χ4v) is 4.06. The van der Waals surface area contributed by atoms with Crippen molar-refractivity contribution >= 4 is 15.9 Å². The number of carbonyl (C=O) groups is 1. The molecule has 0 atom stereocenters. The number of nitrogens with zero attached hydrogens (tertiary/aromatic N) is 2. The molecule has 0 saturated carbocycles. The third kappa shape index (κ3) is 6.74. The Morgan fingerprint density at radius 2 is 1.81 bits per heavy atom. The molecule has 0 aromatic heterocycles. The molecule has 0 unspecified atom stereocenters. The second-order valence-electron chi connectivity index (χ2n) is 6.07. The molecule has 1 fully saturated rings. The van der Waals surface area contributed by atoms with Crippen LogP contribution in [0.5, 0.6) is 5.75 Å². The summed E-state index contributed by atoms with van der Waals surface area (Å²) >= 11 is 0. The van der Waals surface area contributed by atoms with E-state index < -0.39 is 15.9 Å². The molecule has 0 aliphatic carbocycles. The van der Waals surface area contributed by atoms with Crippen molar-refractivity contribution in [1.29, 1.82) is 0 Å². The van der Waals surface area contributed by atoms with Crippen LogP contribution >= 0.6 is 0 Å². The van der Waals surface area contributed by atoms with E-state index in [-0.39, 0.29) is 11.4 Å². The number of hydrogen-bond acceptors (Lipinski definition) is 7. The lowest BCUT2D eigenvalue weighted by Crippen LogP contribution is -2.40. The van der Waals surface area contributed by atoms with E-state index >= 15 is 0 Å². The Balaban J connectivity index is 1.88. The molecule has 152 valence electrons. The number of benzene rings is 1. The quantitative estimate of drug-likeness (QED) is 0.533. The Morgan fingerprint density at radius 1 is 1.19 bits per heavy atom. The van der Waals surface area contributed by atoms with E-state index in [4.69, 9.17) is 19.9 Å². The number of amides is 1. The van der Waals surface area contributed by atoms with Gasteiger partial charge in [0.1, 0.15) is 12.4 Å². The molecule has 1 aliphatic heterocycles. The van der Waals surface area contributed by atoms with Crippen LogP contribution in [0.25, 0.3) is 0 Å². The van der Waals surface area contributed by atoms with Crippen molar-refractivity contribution < 1.29 is 27.4 Å². The van der Waals surface area contributed by atoms with Crippen LogP contribution in [0, 0.1) is 0 Å². The minimum Gasteiger partial charge on any atom is -0.492 e. The smallest absolute Gasteiger partial charge is 0.243 e. The van der Waals surface area contributed by atoms with Gasteiger partial charge in [-0.25, -0.2) is 8.42 Å². The lowest BCUT2D eigenvalue weighted by Gasteiger charge is -2.26. The molecule has 10 heteroatoms. The maximum absolute atomic E-state index is 12.6. The zero-order valence-electron chi connectivity index (χ0n) is 15.5. The molecule has 0 spiro atoms. The lowest BCUT2D eigenvalue weighted by atomic mass is 10.3. The highest BCUT2D eigenvalue weighted by molar-refractivity contribution is 7.89. The largest absolute Gasteiger partial charge is 0.492 e. The summed E-state index contributed by atoms with van der Waals surface area (Å²) in [5.41, 5.74) is 5.24. The first-order chi connectivity index (χ1) is 12.9. The standard InChI is InChI=1S/C17H27N3O6S/c1-24-10-6-19(14-17(18)21)7-13-26-15-2-4-16(5-3-15)27(22,23)20-8-11-25-12-9-20/h2-5H,6-14H2,1H3,(H2,18,21). The van der Waals surface area contributed by atoms with Crippen LogP contribution in [0.2, 0.25) is 0 Å². The molecule has 1 aliphatic rings.